The molecule has 0 aliphatic rings. The molecule has 41 heavy (non-hydrogen) atoms. The number of fused-ring (bicyclic) bond motifs is 3. The molecule has 2 heterocycles. The Bertz CT molecular complexity index is 1250. The molecular weight excluding hydrogens is 550 g/mol. The Morgan fingerprint density at radius 3 is 2.39 bits per heavy atom. The van der Waals surface area contributed by atoms with Crippen LogP contribution in [0.4, 0.5) is 5.82 Å². The Balaban J connectivity index is 1.45. The number of hydrogen-bond donors (Lipinski definition) is 4. The van der Waals surface area contributed by atoms with Gasteiger partial charge in [-0.3, -0.25) is 4.79 Å². The number of nitrogens with two attached hydrogens (primary N) is 1. The Morgan fingerprint density at radius 1 is 1.05 bits per heavy atom. The number of carbonyl (C=O) groups excluding carboxylic acids is 1. The predicted molar refractivity (Wildman–Crippen MR) is 161 cm³/mol. The van der Waals surface area contributed by atoms with Crippen molar-refractivity contribution in [3.05, 3.63) is 24.0 Å². The Kier molecular flexibility index (Phi) is 13.4. The van der Waals surface area contributed by atoms with E-state index in [4.69, 9.17) is 29.4 Å². The summed E-state index contributed by atoms with van der Waals surface area (Å²) in [6.07, 6.45) is 0.406. The Hall–Kier alpha value is -2.68. The number of imidazole rings is 1. The van der Waals surface area contributed by atoms with Gasteiger partial charge in [-0.15, -0.1) is 0 Å². The van der Waals surface area contributed by atoms with Gasteiger partial charge in [0.2, 0.25) is 5.91 Å². The van der Waals surface area contributed by atoms with Gasteiger partial charge in [-0.1, -0.05) is 0 Å². The van der Waals surface area contributed by atoms with Crippen molar-refractivity contribution in [3.8, 4) is 5.75 Å². The van der Waals surface area contributed by atoms with Crippen molar-refractivity contribution in [2.24, 2.45) is 0 Å². The summed E-state index contributed by atoms with van der Waals surface area (Å²) in [5, 5.41) is 14.2. The number of aliphatic hydroxyl groups is 1. The quantitative estimate of drug-likeness (QED) is 0.113. The number of ether oxygens (including phenoxy) is 5. The first-order valence-electron chi connectivity index (χ1n) is 13.9. The van der Waals surface area contributed by atoms with Crippen LogP contribution >= 0.6 is 12.6 Å². The number of amides is 1. The van der Waals surface area contributed by atoms with E-state index < -0.39 is 5.60 Å². The van der Waals surface area contributed by atoms with Gasteiger partial charge in [0.25, 0.3) is 0 Å². The van der Waals surface area contributed by atoms with E-state index in [1.54, 1.807) is 13.8 Å². The average molecular weight is 594 g/mol. The van der Waals surface area contributed by atoms with Crippen molar-refractivity contribution in [2.75, 3.05) is 70.9 Å². The highest BCUT2D eigenvalue weighted by Crippen LogP contribution is 2.32. The third-order valence-electron chi connectivity index (χ3n) is 5.88. The SMILES string of the molecule is CCOCc1nc2c(N)nc3cc(OCCOCCOCCOCCNC(=O)CCS)ccc3c2n1CC(C)(C)O. The van der Waals surface area contributed by atoms with Crippen LogP contribution in [0.5, 0.6) is 5.75 Å². The molecule has 0 radical (unpaired) electrons. The van der Waals surface area contributed by atoms with Gasteiger partial charge in [0.05, 0.1) is 62.8 Å². The molecule has 0 spiro atoms. The lowest BCUT2D eigenvalue weighted by Crippen LogP contribution is -2.27. The van der Waals surface area contributed by atoms with Crippen LogP contribution in [-0.2, 0) is 36.9 Å². The molecule has 0 atom stereocenters. The van der Waals surface area contributed by atoms with Crippen molar-refractivity contribution >= 4 is 46.3 Å². The molecule has 228 valence electrons. The molecule has 3 rings (SSSR count). The van der Waals surface area contributed by atoms with Gasteiger partial charge in [-0.2, -0.15) is 12.6 Å². The van der Waals surface area contributed by atoms with Gasteiger partial charge < -0.3 is 44.4 Å². The van der Waals surface area contributed by atoms with Crippen LogP contribution in [0.1, 0.15) is 33.0 Å². The summed E-state index contributed by atoms with van der Waals surface area (Å²) in [5.41, 5.74) is 7.39. The van der Waals surface area contributed by atoms with Crippen molar-refractivity contribution in [3.63, 3.8) is 0 Å². The molecule has 0 unspecified atom stereocenters. The van der Waals surface area contributed by atoms with Crippen LogP contribution in [-0.4, -0.2) is 96.3 Å². The number of thiol groups is 1. The fourth-order valence-electron chi connectivity index (χ4n) is 4.10. The standard InChI is InChI=1S/C28H43N5O7S/c1-4-36-18-23-32-25-26(33(23)19-28(2,3)35)21-6-5-20(17-22(21)31-27(25)29)40-15-14-39-13-12-38-11-10-37-9-8-30-24(34)7-16-41/h5-6,17,35,41H,4,7-16,18-19H2,1-3H3,(H2,29,31)(H,30,34). The van der Waals surface area contributed by atoms with Gasteiger partial charge in [0, 0.05) is 31.0 Å². The number of aromatic nitrogens is 3. The second-order valence-electron chi connectivity index (χ2n) is 9.95. The van der Waals surface area contributed by atoms with Gasteiger partial charge in [-0.25, -0.2) is 9.97 Å². The lowest BCUT2D eigenvalue weighted by molar-refractivity contribution is -0.120. The van der Waals surface area contributed by atoms with Crippen LogP contribution in [0.3, 0.4) is 0 Å². The molecule has 2 aromatic heterocycles. The molecule has 1 amide bonds. The lowest BCUT2D eigenvalue weighted by atomic mass is 10.1. The highest BCUT2D eigenvalue weighted by Gasteiger charge is 2.22. The fourth-order valence-corrected chi connectivity index (χ4v) is 4.30. The lowest BCUT2D eigenvalue weighted by Gasteiger charge is -2.20. The van der Waals surface area contributed by atoms with Gasteiger partial charge >= 0.3 is 0 Å². The topological polar surface area (TPSA) is 152 Å². The van der Waals surface area contributed by atoms with Crippen LogP contribution < -0.4 is 15.8 Å². The molecule has 0 fully saturated rings. The number of rotatable bonds is 20. The van der Waals surface area contributed by atoms with E-state index in [1.807, 2.05) is 29.7 Å². The maximum atomic E-state index is 11.3. The Morgan fingerprint density at radius 2 is 1.73 bits per heavy atom. The number of carbonyl (C=O) groups is 1. The van der Waals surface area contributed by atoms with E-state index in [0.717, 1.165) is 10.9 Å². The van der Waals surface area contributed by atoms with E-state index in [2.05, 4.69) is 27.9 Å². The number of pyridine rings is 1. The smallest absolute Gasteiger partial charge is 0.220 e. The van der Waals surface area contributed by atoms with Crippen LogP contribution in [0.25, 0.3) is 21.9 Å². The van der Waals surface area contributed by atoms with Crippen LogP contribution in [0.15, 0.2) is 18.2 Å². The van der Waals surface area contributed by atoms with Crippen molar-refractivity contribution < 1.29 is 33.6 Å². The van der Waals surface area contributed by atoms with E-state index in [0.29, 0.717) is 113 Å². The minimum absolute atomic E-state index is 0.0248. The number of nitrogens with zero attached hydrogens (tertiary/aromatic N) is 3. The zero-order valence-corrected chi connectivity index (χ0v) is 25.1. The first-order valence-corrected chi connectivity index (χ1v) is 14.5. The highest BCUT2D eigenvalue weighted by molar-refractivity contribution is 7.80. The first-order chi connectivity index (χ1) is 19.7. The second-order valence-corrected chi connectivity index (χ2v) is 10.4. The molecule has 3 aromatic rings. The summed E-state index contributed by atoms with van der Waals surface area (Å²) < 4.78 is 29.9. The molecule has 0 aliphatic carbocycles. The van der Waals surface area contributed by atoms with E-state index >= 15 is 0 Å². The van der Waals surface area contributed by atoms with Gasteiger partial charge in [0.15, 0.2) is 5.82 Å². The fraction of sp³-hybridized carbons (Fsp3) is 0.607. The van der Waals surface area contributed by atoms with Gasteiger partial charge in [0.1, 0.15) is 30.3 Å². The monoisotopic (exact) mass is 593 g/mol. The van der Waals surface area contributed by atoms with Crippen molar-refractivity contribution in [1.82, 2.24) is 19.9 Å². The maximum absolute atomic E-state index is 11.3. The van der Waals surface area contributed by atoms with E-state index in [1.165, 1.54) is 0 Å². The zero-order chi connectivity index (χ0) is 29.7. The number of hydrogen-bond acceptors (Lipinski definition) is 11. The predicted octanol–water partition coefficient (Wildman–Crippen LogP) is 2.34. The summed E-state index contributed by atoms with van der Waals surface area (Å²) in [4.78, 5) is 20.6. The molecule has 1 aromatic carbocycles. The maximum Gasteiger partial charge on any atom is 0.220 e. The van der Waals surface area contributed by atoms with Crippen molar-refractivity contribution in [2.45, 2.75) is 45.9 Å². The van der Waals surface area contributed by atoms with E-state index in [-0.39, 0.29) is 5.91 Å². The molecular formula is C28H43N5O7S. The van der Waals surface area contributed by atoms with Crippen LogP contribution in [0.2, 0.25) is 0 Å². The summed E-state index contributed by atoms with van der Waals surface area (Å²) in [7, 11) is 0. The number of nitrogens with one attached hydrogen (secondary N) is 1. The summed E-state index contributed by atoms with van der Waals surface area (Å²) in [6, 6.07) is 5.64. The largest absolute Gasteiger partial charge is 0.491 e. The van der Waals surface area contributed by atoms with Gasteiger partial charge in [-0.05, 0) is 38.7 Å². The third-order valence-corrected chi connectivity index (χ3v) is 6.11. The molecule has 13 heteroatoms. The first kappa shape index (κ1) is 32.8. The average Bonchev–Trinajstić information content (AvgIpc) is 3.27. The zero-order valence-electron chi connectivity index (χ0n) is 24.2. The summed E-state index contributed by atoms with van der Waals surface area (Å²) >= 11 is 4.02. The minimum Gasteiger partial charge on any atom is -0.491 e. The molecule has 0 saturated carbocycles. The summed E-state index contributed by atoms with van der Waals surface area (Å²) in [5.74, 6) is 2.14. The van der Waals surface area contributed by atoms with Crippen molar-refractivity contribution in [1.29, 1.82) is 0 Å². The normalized spacial score (nSPS) is 11.9. The number of anilines is 1. The number of nitrogen functional groups attached to an aromatic ring is 1. The molecule has 0 aliphatic heterocycles. The summed E-state index contributed by atoms with van der Waals surface area (Å²) in [6.45, 7) is 10.1. The minimum atomic E-state index is -0.965. The molecule has 0 bridgehead atoms. The Labute approximate surface area is 246 Å². The number of benzene rings is 1. The van der Waals surface area contributed by atoms with Crippen LogP contribution in [0, 0.1) is 0 Å². The molecule has 12 nitrogen and oxygen atoms in total. The third kappa shape index (κ3) is 10.6. The molecule has 4 N–H and O–H groups in total. The molecule has 0 saturated heterocycles. The highest BCUT2D eigenvalue weighted by atomic mass is 32.1. The van der Waals surface area contributed by atoms with E-state index in [9.17, 15) is 9.90 Å². The second kappa shape index (κ2) is 16.7.